The number of aromatic nitrogens is 2. The van der Waals surface area contributed by atoms with E-state index < -0.39 is 0 Å². The van der Waals surface area contributed by atoms with Crippen molar-refractivity contribution in [3.05, 3.63) is 6.07 Å². The Morgan fingerprint density at radius 2 is 1.55 bits per heavy atom. The molecule has 3 aliphatic carbocycles. The number of ether oxygens (including phenoxy) is 1. The van der Waals surface area contributed by atoms with Crippen LogP contribution in [0, 0.1) is 23.7 Å². The molecule has 5 N–H and O–H groups in total. The lowest BCUT2D eigenvalue weighted by Gasteiger charge is -2.37. The summed E-state index contributed by atoms with van der Waals surface area (Å²) in [4.78, 5) is 16.8. The maximum absolute atomic E-state index is 6.22. The van der Waals surface area contributed by atoms with Crippen LogP contribution in [0.1, 0.15) is 57.8 Å². The molecular weight excluding hydrogens is 526 g/mol. The van der Waals surface area contributed by atoms with Crippen LogP contribution in [0.5, 0.6) is 0 Å². The van der Waals surface area contributed by atoms with Crippen LogP contribution in [0.3, 0.4) is 0 Å². The van der Waals surface area contributed by atoms with E-state index in [1.165, 1.54) is 70.9 Å². The number of piperazine rings is 1. The normalized spacial score (nSPS) is 30.7. The van der Waals surface area contributed by atoms with Crippen LogP contribution in [0.4, 0.5) is 17.6 Å². The van der Waals surface area contributed by atoms with Crippen LogP contribution >= 0.6 is 0 Å². The number of nitrogens with two attached hydrogens (primary N) is 1. The molecule has 42 heavy (non-hydrogen) atoms. The van der Waals surface area contributed by atoms with Gasteiger partial charge in [-0.1, -0.05) is 6.42 Å². The van der Waals surface area contributed by atoms with Crippen LogP contribution in [0.15, 0.2) is 6.07 Å². The lowest BCUT2D eigenvalue weighted by molar-refractivity contribution is 0.0331. The quantitative estimate of drug-likeness (QED) is 0.244. The van der Waals surface area contributed by atoms with Crippen molar-refractivity contribution in [3.63, 3.8) is 0 Å². The predicted octanol–water partition coefficient (Wildman–Crippen LogP) is 2.49. The van der Waals surface area contributed by atoms with Gasteiger partial charge in [-0.2, -0.15) is 9.97 Å². The highest BCUT2D eigenvalue weighted by atomic mass is 16.5. The van der Waals surface area contributed by atoms with E-state index in [0.29, 0.717) is 17.7 Å². The van der Waals surface area contributed by atoms with Gasteiger partial charge >= 0.3 is 0 Å². The molecule has 0 spiro atoms. The SMILES string of the molecule is Nc1cc(N2CCN(CCN3CCOCC3)CC2)nc(NCC2CCC(CNCCCNC3C[C@@H]4CC[C@H]3C4)CC2)n1. The molecule has 2 aliphatic heterocycles. The minimum absolute atomic E-state index is 0.553. The zero-order valence-corrected chi connectivity index (χ0v) is 25.9. The zero-order valence-electron chi connectivity index (χ0n) is 25.9. The summed E-state index contributed by atoms with van der Waals surface area (Å²) in [7, 11) is 0. The number of anilines is 3. The van der Waals surface area contributed by atoms with Gasteiger partial charge in [-0.25, -0.2) is 0 Å². The van der Waals surface area contributed by atoms with E-state index >= 15 is 0 Å². The highest BCUT2D eigenvalue weighted by Crippen LogP contribution is 2.44. The number of fused-ring (bicyclic) bond motifs is 2. The molecule has 1 aromatic rings. The van der Waals surface area contributed by atoms with Gasteiger partial charge in [-0.15, -0.1) is 0 Å². The van der Waals surface area contributed by atoms with E-state index in [0.717, 1.165) is 108 Å². The Hall–Kier alpha value is -1.72. The smallest absolute Gasteiger partial charge is 0.226 e. The lowest BCUT2D eigenvalue weighted by atomic mass is 9.82. The third-order valence-electron chi connectivity index (χ3n) is 10.9. The minimum atomic E-state index is 0.553. The second-order valence-electron chi connectivity index (χ2n) is 13.8. The second-order valence-corrected chi connectivity index (χ2v) is 13.8. The Bertz CT molecular complexity index is 944. The average Bonchev–Trinajstić information content (AvgIpc) is 3.66. The highest BCUT2D eigenvalue weighted by Gasteiger charge is 2.38. The first-order valence-electron chi connectivity index (χ1n) is 17.3. The van der Waals surface area contributed by atoms with Crippen molar-refractivity contribution < 1.29 is 4.74 Å². The van der Waals surface area contributed by atoms with Gasteiger partial charge in [0, 0.05) is 71.0 Å². The number of nitrogens with one attached hydrogen (secondary N) is 3. The summed E-state index contributed by atoms with van der Waals surface area (Å²) in [6.07, 6.45) is 12.4. The average molecular weight is 584 g/mol. The Morgan fingerprint density at radius 3 is 2.26 bits per heavy atom. The number of morpholine rings is 1. The van der Waals surface area contributed by atoms with Gasteiger partial charge in [0.2, 0.25) is 5.95 Å². The summed E-state index contributed by atoms with van der Waals surface area (Å²) in [6, 6.07) is 2.75. The molecule has 3 atom stereocenters. The van der Waals surface area contributed by atoms with Gasteiger partial charge in [0.15, 0.2) is 0 Å². The molecular formula is C32H57N9O. The molecule has 2 bridgehead atoms. The van der Waals surface area contributed by atoms with Gasteiger partial charge in [0.1, 0.15) is 11.6 Å². The zero-order chi connectivity index (χ0) is 28.6. The second kappa shape index (κ2) is 15.3. The van der Waals surface area contributed by atoms with E-state index in [9.17, 15) is 0 Å². The van der Waals surface area contributed by atoms with Gasteiger partial charge in [-0.05, 0) is 94.7 Å². The first-order chi connectivity index (χ1) is 20.7. The van der Waals surface area contributed by atoms with E-state index in [1.807, 2.05) is 6.07 Å². The van der Waals surface area contributed by atoms with Crippen LogP contribution < -0.4 is 26.6 Å². The molecule has 3 heterocycles. The predicted molar refractivity (Wildman–Crippen MR) is 171 cm³/mol. The molecule has 1 unspecified atom stereocenters. The first kappa shape index (κ1) is 30.3. The Morgan fingerprint density at radius 1 is 0.810 bits per heavy atom. The lowest BCUT2D eigenvalue weighted by Crippen LogP contribution is -2.49. The molecule has 10 heteroatoms. The molecule has 5 fully saturated rings. The highest BCUT2D eigenvalue weighted by molar-refractivity contribution is 5.51. The number of nitrogen functional groups attached to an aromatic ring is 1. The van der Waals surface area contributed by atoms with E-state index in [1.54, 1.807) is 0 Å². The number of hydrogen-bond acceptors (Lipinski definition) is 10. The maximum atomic E-state index is 6.22. The summed E-state index contributed by atoms with van der Waals surface area (Å²) >= 11 is 0. The Kier molecular flexibility index (Phi) is 11.1. The number of rotatable bonds is 14. The standard InChI is InChI=1S/C32H57N9O/c33-30-22-31(41-14-12-39(13-15-41)10-11-40-16-18-42-19-17-40)38-32(37-30)36-24-26-4-2-25(3-5-26)23-34-8-1-9-35-29-21-27-6-7-28(29)20-27/h22,25-29,34-35H,1-21,23-24H2,(H3,33,36,37,38)/t25?,26?,27-,28+,29?/m1/s1. The summed E-state index contributed by atoms with van der Waals surface area (Å²) in [5.41, 5.74) is 6.22. The van der Waals surface area contributed by atoms with Gasteiger partial charge in [0.25, 0.3) is 0 Å². The summed E-state index contributed by atoms with van der Waals surface area (Å²) in [5.74, 6) is 5.73. The molecule has 236 valence electrons. The van der Waals surface area contributed by atoms with Crippen LogP contribution in [0.25, 0.3) is 0 Å². The number of nitrogens with zero attached hydrogens (tertiary/aromatic N) is 5. The van der Waals surface area contributed by atoms with Crippen LogP contribution in [0.2, 0.25) is 0 Å². The van der Waals surface area contributed by atoms with Crippen LogP contribution in [-0.2, 0) is 4.74 Å². The van der Waals surface area contributed by atoms with Crippen molar-refractivity contribution in [1.29, 1.82) is 0 Å². The third kappa shape index (κ3) is 8.68. The van der Waals surface area contributed by atoms with Gasteiger partial charge < -0.3 is 31.3 Å². The molecule has 0 radical (unpaired) electrons. The Labute approximate surface area is 253 Å². The molecule has 0 aromatic carbocycles. The van der Waals surface area contributed by atoms with E-state index in [2.05, 4.69) is 35.6 Å². The minimum Gasteiger partial charge on any atom is -0.383 e. The number of hydrogen-bond donors (Lipinski definition) is 4. The summed E-state index contributed by atoms with van der Waals surface area (Å²) in [5, 5.41) is 11.1. The van der Waals surface area contributed by atoms with Crippen molar-refractivity contribution in [2.24, 2.45) is 23.7 Å². The van der Waals surface area contributed by atoms with Crippen molar-refractivity contribution in [1.82, 2.24) is 30.4 Å². The van der Waals surface area contributed by atoms with E-state index in [4.69, 9.17) is 15.5 Å². The van der Waals surface area contributed by atoms with E-state index in [-0.39, 0.29) is 0 Å². The third-order valence-corrected chi connectivity index (χ3v) is 10.9. The molecule has 3 saturated carbocycles. The fraction of sp³-hybridized carbons (Fsp3) is 0.875. The Balaban J connectivity index is 0.832. The molecule has 6 rings (SSSR count). The fourth-order valence-corrected chi connectivity index (χ4v) is 8.18. The van der Waals surface area contributed by atoms with Gasteiger partial charge in [-0.3, -0.25) is 9.80 Å². The molecule has 2 saturated heterocycles. The molecule has 5 aliphatic rings. The van der Waals surface area contributed by atoms with Gasteiger partial charge in [0.05, 0.1) is 13.2 Å². The molecule has 10 nitrogen and oxygen atoms in total. The monoisotopic (exact) mass is 583 g/mol. The largest absolute Gasteiger partial charge is 0.383 e. The maximum Gasteiger partial charge on any atom is 0.226 e. The summed E-state index contributed by atoms with van der Waals surface area (Å²) in [6.45, 7) is 14.7. The first-order valence-corrected chi connectivity index (χ1v) is 17.3. The van der Waals surface area contributed by atoms with Crippen molar-refractivity contribution in [2.75, 3.05) is 108 Å². The fourth-order valence-electron chi connectivity index (χ4n) is 8.18. The van der Waals surface area contributed by atoms with Crippen molar-refractivity contribution in [2.45, 2.75) is 63.8 Å². The van der Waals surface area contributed by atoms with Crippen LogP contribution in [-0.4, -0.2) is 118 Å². The van der Waals surface area contributed by atoms with Crippen molar-refractivity contribution >= 4 is 17.6 Å². The summed E-state index contributed by atoms with van der Waals surface area (Å²) < 4.78 is 5.48. The topological polar surface area (TPSA) is 107 Å². The van der Waals surface area contributed by atoms with Crippen molar-refractivity contribution in [3.8, 4) is 0 Å². The molecule has 0 amide bonds. The molecule has 1 aromatic heterocycles.